The molecule has 1 aromatic rings. The van der Waals surface area contributed by atoms with Gasteiger partial charge in [0, 0.05) is 45.5 Å². The quantitative estimate of drug-likeness (QED) is 0.910. The molecule has 130 valence electrons. The van der Waals surface area contributed by atoms with Crippen molar-refractivity contribution >= 4 is 5.69 Å². The number of nitrogens with zero attached hydrogens (tertiary/aromatic N) is 2. The average molecular weight is 329 g/mol. The Kier molecular flexibility index (Phi) is 5.57. The lowest BCUT2D eigenvalue weighted by Gasteiger charge is -2.34. The maximum Gasteiger partial charge on any atom is 0.416 e. The molecule has 1 fully saturated rings. The normalized spacial score (nSPS) is 17.7. The minimum absolute atomic E-state index is 0.0480. The molecule has 1 aromatic carbocycles. The molecule has 1 N–H and O–H groups in total. The number of halogens is 3. The van der Waals surface area contributed by atoms with E-state index < -0.39 is 11.7 Å². The van der Waals surface area contributed by atoms with Crippen LogP contribution >= 0.6 is 0 Å². The van der Waals surface area contributed by atoms with E-state index in [0.29, 0.717) is 17.8 Å². The second kappa shape index (κ2) is 7.09. The molecular formula is C17H26F3N3. The summed E-state index contributed by atoms with van der Waals surface area (Å²) in [7, 11) is 3.69. The van der Waals surface area contributed by atoms with Crippen molar-refractivity contribution < 1.29 is 13.2 Å². The first-order valence-corrected chi connectivity index (χ1v) is 8.05. The van der Waals surface area contributed by atoms with Crippen LogP contribution in [0.1, 0.15) is 36.5 Å². The molecule has 2 rings (SSSR count). The van der Waals surface area contributed by atoms with Crippen molar-refractivity contribution in [2.24, 2.45) is 0 Å². The van der Waals surface area contributed by atoms with Crippen LogP contribution in [0.25, 0.3) is 0 Å². The minimum Gasteiger partial charge on any atom is -0.388 e. The van der Waals surface area contributed by atoms with Gasteiger partial charge < -0.3 is 10.2 Å². The average Bonchev–Trinajstić information content (AvgIpc) is 2.48. The van der Waals surface area contributed by atoms with Gasteiger partial charge >= 0.3 is 6.18 Å². The molecule has 1 saturated heterocycles. The minimum atomic E-state index is -4.33. The van der Waals surface area contributed by atoms with Gasteiger partial charge in [-0.15, -0.1) is 0 Å². The van der Waals surface area contributed by atoms with Gasteiger partial charge in [0.05, 0.1) is 5.56 Å². The van der Waals surface area contributed by atoms with Crippen molar-refractivity contribution in [3.63, 3.8) is 0 Å². The Bertz CT molecular complexity index is 533. The molecule has 0 radical (unpaired) electrons. The number of hydrogen-bond donors (Lipinski definition) is 1. The lowest BCUT2D eigenvalue weighted by atomic mass is 9.91. The summed E-state index contributed by atoms with van der Waals surface area (Å²) in [6, 6.07) is 3.09. The topological polar surface area (TPSA) is 18.5 Å². The maximum absolute atomic E-state index is 13.6. The predicted octanol–water partition coefficient (Wildman–Crippen LogP) is 3.62. The Morgan fingerprint density at radius 3 is 2.22 bits per heavy atom. The third-order valence-electron chi connectivity index (χ3n) is 4.48. The van der Waals surface area contributed by atoms with Gasteiger partial charge in [0.15, 0.2) is 0 Å². The Hall–Kier alpha value is -1.27. The summed E-state index contributed by atoms with van der Waals surface area (Å²) in [4.78, 5) is 4.32. The van der Waals surface area contributed by atoms with Gasteiger partial charge in [-0.1, -0.05) is 13.8 Å². The number of likely N-dealkylation sites (N-methyl/N-ethyl adjacent to an activating group) is 1. The molecule has 3 nitrogen and oxygen atoms in total. The molecule has 1 aliphatic heterocycles. The molecule has 23 heavy (non-hydrogen) atoms. The van der Waals surface area contributed by atoms with E-state index in [9.17, 15) is 13.2 Å². The lowest BCUT2D eigenvalue weighted by Crippen LogP contribution is -2.44. The molecule has 1 heterocycles. The number of benzene rings is 1. The van der Waals surface area contributed by atoms with Crippen LogP contribution in [0.5, 0.6) is 0 Å². The molecule has 0 bridgehead atoms. The summed E-state index contributed by atoms with van der Waals surface area (Å²) < 4.78 is 40.7. The van der Waals surface area contributed by atoms with Gasteiger partial charge in [-0.05, 0) is 36.2 Å². The monoisotopic (exact) mass is 329 g/mol. The number of anilines is 1. The molecule has 0 aliphatic carbocycles. The maximum atomic E-state index is 13.6. The van der Waals surface area contributed by atoms with E-state index in [1.807, 2.05) is 27.0 Å². The largest absolute Gasteiger partial charge is 0.416 e. The Balaban J connectivity index is 2.41. The number of nitrogens with one attached hydrogen (secondary N) is 1. The first-order valence-electron chi connectivity index (χ1n) is 8.05. The SMILES string of the molecule is CNc1cc(C(C)C)c(CN2CCN(C)CC2)c(C(F)(F)F)c1. The molecule has 0 unspecified atom stereocenters. The molecular weight excluding hydrogens is 303 g/mol. The van der Waals surface area contributed by atoms with Crippen LogP contribution in [-0.4, -0.2) is 50.1 Å². The highest BCUT2D eigenvalue weighted by molar-refractivity contribution is 5.54. The lowest BCUT2D eigenvalue weighted by molar-refractivity contribution is -0.138. The summed E-state index contributed by atoms with van der Waals surface area (Å²) in [6.07, 6.45) is -4.33. The van der Waals surface area contributed by atoms with E-state index in [1.54, 1.807) is 7.05 Å². The highest BCUT2D eigenvalue weighted by Gasteiger charge is 2.35. The van der Waals surface area contributed by atoms with Gasteiger partial charge in [-0.2, -0.15) is 13.2 Å². The first-order chi connectivity index (χ1) is 10.7. The van der Waals surface area contributed by atoms with Crippen LogP contribution in [-0.2, 0) is 12.7 Å². The van der Waals surface area contributed by atoms with E-state index in [0.717, 1.165) is 31.7 Å². The predicted molar refractivity (Wildman–Crippen MR) is 87.9 cm³/mol. The molecule has 6 heteroatoms. The molecule has 0 amide bonds. The van der Waals surface area contributed by atoms with Crippen LogP contribution in [0.3, 0.4) is 0 Å². The number of alkyl halides is 3. The summed E-state index contributed by atoms with van der Waals surface area (Å²) in [6.45, 7) is 7.66. The fourth-order valence-electron chi connectivity index (χ4n) is 3.01. The molecule has 1 aliphatic rings. The first kappa shape index (κ1) is 18.1. The summed E-state index contributed by atoms with van der Waals surface area (Å²) >= 11 is 0. The van der Waals surface area contributed by atoms with Gasteiger partial charge in [-0.25, -0.2) is 0 Å². The van der Waals surface area contributed by atoms with Gasteiger partial charge in [0.1, 0.15) is 0 Å². The Morgan fingerprint density at radius 1 is 1.13 bits per heavy atom. The zero-order chi connectivity index (χ0) is 17.2. The van der Waals surface area contributed by atoms with E-state index in [2.05, 4.69) is 15.1 Å². The van der Waals surface area contributed by atoms with Crippen molar-refractivity contribution in [2.45, 2.75) is 32.5 Å². The van der Waals surface area contributed by atoms with Crippen molar-refractivity contribution in [1.29, 1.82) is 0 Å². The highest BCUT2D eigenvalue weighted by atomic mass is 19.4. The second-order valence-corrected chi connectivity index (χ2v) is 6.57. The molecule has 0 atom stereocenters. The summed E-state index contributed by atoms with van der Waals surface area (Å²) in [5.41, 5.74) is 1.22. The molecule has 0 saturated carbocycles. The summed E-state index contributed by atoms with van der Waals surface area (Å²) in [5.74, 6) is 0.0480. The second-order valence-electron chi connectivity index (χ2n) is 6.57. The standard InChI is InChI=1S/C17H26F3N3/c1-12(2)14-9-13(21-3)10-16(17(18,19)20)15(14)11-23-7-5-22(4)6-8-23/h9-10,12,21H,5-8,11H2,1-4H3. The zero-order valence-electron chi connectivity index (χ0n) is 14.3. The fourth-order valence-corrected chi connectivity index (χ4v) is 3.01. The van der Waals surface area contributed by atoms with Crippen LogP contribution in [0, 0.1) is 0 Å². The van der Waals surface area contributed by atoms with Gasteiger partial charge in [0.2, 0.25) is 0 Å². The smallest absolute Gasteiger partial charge is 0.388 e. The third-order valence-corrected chi connectivity index (χ3v) is 4.48. The van der Waals surface area contributed by atoms with Crippen molar-refractivity contribution in [1.82, 2.24) is 9.80 Å². The van der Waals surface area contributed by atoms with Crippen molar-refractivity contribution in [2.75, 3.05) is 45.6 Å². The van der Waals surface area contributed by atoms with Gasteiger partial charge in [0.25, 0.3) is 0 Å². The van der Waals surface area contributed by atoms with E-state index in [1.165, 1.54) is 6.07 Å². The number of hydrogen-bond acceptors (Lipinski definition) is 3. The number of piperazine rings is 1. The van der Waals surface area contributed by atoms with Crippen molar-refractivity contribution in [3.05, 3.63) is 28.8 Å². The third kappa shape index (κ3) is 4.38. The Labute approximate surface area is 136 Å². The summed E-state index contributed by atoms with van der Waals surface area (Å²) in [5, 5.41) is 2.85. The number of rotatable bonds is 4. The van der Waals surface area contributed by atoms with E-state index in [-0.39, 0.29) is 5.92 Å². The fraction of sp³-hybridized carbons (Fsp3) is 0.647. The van der Waals surface area contributed by atoms with E-state index >= 15 is 0 Å². The Morgan fingerprint density at radius 2 is 1.74 bits per heavy atom. The zero-order valence-corrected chi connectivity index (χ0v) is 14.3. The molecule has 0 spiro atoms. The van der Waals surface area contributed by atoms with Crippen LogP contribution < -0.4 is 5.32 Å². The van der Waals surface area contributed by atoms with E-state index in [4.69, 9.17) is 0 Å². The highest BCUT2D eigenvalue weighted by Crippen LogP contribution is 2.38. The van der Waals surface area contributed by atoms with Crippen molar-refractivity contribution in [3.8, 4) is 0 Å². The van der Waals surface area contributed by atoms with Crippen LogP contribution in [0.2, 0.25) is 0 Å². The van der Waals surface area contributed by atoms with Gasteiger partial charge in [-0.3, -0.25) is 4.90 Å². The molecule has 0 aromatic heterocycles. The van der Waals surface area contributed by atoms with Crippen LogP contribution in [0.15, 0.2) is 12.1 Å². The van der Waals surface area contributed by atoms with Crippen LogP contribution in [0.4, 0.5) is 18.9 Å².